The summed E-state index contributed by atoms with van der Waals surface area (Å²) in [7, 11) is 0. The molecule has 0 N–H and O–H groups in total. The summed E-state index contributed by atoms with van der Waals surface area (Å²) in [6.45, 7) is 6.50. The standard InChI is InChI=1S/C13H19BrN2O3/c1-3-15(7-8-19-4-2)12-6-5-11(10-14)9-13(12)16(17)18/h5-6,9H,3-4,7-8,10H2,1-2H3. The Morgan fingerprint density at radius 1 is 1.42 bits per heavy atom. The molecule has 0 aliphatic carbocycles. The van der Waals surface area contributed by atoms with Crippen molar-refractivity contribution >= 4 is 27.3 Å². The number of nitro benzene ring substituents is 1. The minimum atomic E-state index is -0.329. The Kier molecular flexibility index (Phi) is 6.80. The van der Waals surface area contributed by atoms with Gasteiger partial charge in [-0.2, -0.15) is 0 Å². The maximum absolute atomic E-state index is 11.2. The molecule has 0 bridgehead atoms. The zero-order valence-electron chi connectivity index (χ0n) is 11.3. The van der Waals surface area contributed by atoms with Gasteiger partial charge in [-0.1, -0.05) is 22.0 Å². The first kappa shape index (κ1) is 15.9. The lowest BCUT2D eigenvalue weighted by molar-refractivity contribution is -0.384. The van der Waals surface area contributed by atoms with E-state index >= 15 is 0 Å². The molecule has 5 nitrogen and oxygen atoms in total. The number of rotatable bonds is 8. The highest BCUT2D eigenvalue weighted by atomic mass is 79.9. The van der Waals surface area contributed by atoms with Gasteiger partial charge in [0, 0.05) is 31.1 Å². The topological polar surface area (TPSA) is 55.6 Å². The lowest BCUT2D eigenvalue weighted by Gasteiger charge is -2.22. The molecule has 6 heteroatoms. The van der Waals surface area contributed by atoms with Crippen molar-refractivity contribution in [3.8, 4) is 0 Å². The van der Waals surface area contributed by atoms with E-state index in [1.807, 2.05) is 30.9 Å². The zero-order valence-corrected chi connectivity index (χ0v) is 12.9. The van der Waals surface area contributed by atoms with Crippen molar-refractivity contribution in [2.75, 3.05) is 31.2 Å². The van der Waals surface area contributed by atoms with Crippen LogP contribution in [0.15, 0.2) is 18.2 Å². The van der Waals surface area contributed by atoms with Gasteiger partial charge in [0.1, 0.15) is 5.69 Å². The molecule has 0 amide bonds. The molecule has 0 saturated heterocycles. The SMILES string of the molecule is CCOCCN(CC)c1ccc(CBr)cc1[N+](=O)[O-]. The third kappa shape index (κ3) is 4.47. The highest BCUT2D eigenvalue weighted by Crippen LogP contribution is 2.29. The Labute approximate surface area is 121 Å². The van der Waals surface area contributed by atoms with Crippen LogP contribution in [0.2, 0.25) is 0 Å². The van der Waals surface area contributed by atoms with Crippen molar-refractivity contribution in [3.05, 3.63) is 33.9 Å². The van der Waals surface area contributed by atoms with Gasteiger partial charge in [0.2, 0.25) is 0 Å². The van der Waals surface area contributed by atoms with Crippen LogP contribution in [-0.4, -0.2) is 31.2 Å². The van der Waals surface area contributed by atoms with Crippen molar-refractivity contribution in [2.24, 2.45) is 0 Å². The van der Waals surface area contributed by atoms with E-state index < -0.39 is 0 Å². The second-order valence-corrected chi connectivity index (χ2v) is 4.55. The average molecular weight is 331 g/mol. The zero-order chi connectivity index (χ0) is 14.3. The number of nitrogens with zero attached hydrogens (tertiary/aromatic N) is 2. The first-order chi connectivity index (χ1) is 9.13. The molecule has 0 saturated carbocycles. The maximum Gasteiger partial charge on any atom is 0.292 e. The predicted octanol–water partition coefficient (Wildman–Crippen LogP) is 3.35. The number of nitro groups is 1. The molecule has 0 atom stereocenters. The molecule has 0 heterocycles. The molecule has 19 heavy (non-hydrogen) atoms. The van der Waals surface area contributed by atoms with Gasteiger partial charge in [0.25, 0.3) is 5.69 Å². The fourth-order valence-electron chi connectivity index (χ4n) is 1.83. The fraction of sp³-hybridized carbons (Fsp3) is 0.538. The number of hydrogen-bond acceptors (Lipinski definition) is 4. The molecule has 0 radical (unpaired) electrons. The second-order valence-electron chi connectivity index (χ2n) is 3.99. The van der Waals surface area contributed by atoms with Gasteiger partial charge in [-0.15, -0.1) is 0 Å². The third-order valence-corrected chi connectivity index (χ3v) is 3.47. The number of likely N-dealkylation sites (N-methyl/N-ethyl adjacent to an activating group) is 1. The minimum Gasteiger partial charge on any atom is -0.380 e. The Morgan fingerprint density at radius 3 is 2.68 bits per heavy atom. The van der Waals surface area contributed by atoms with Crippen LogP contribution in [0.1, 0.15) is 19.4 Å². The van der Waals surface area contributed by atoms with E-state index in [1.54, 1.807) is 6.07 Å². The van der Waals surface area contributed by atoms with Crippen LogP contribution >= 0.6 is 15.9 Å². The summed E-state index contributed by atoms with van der Waals surface area (Å²) in [5, 5.41) is 11.8. The van der Waals surface area contributed by atoms with Gasteiger partial charge >= 0.3 is 0 Å². The number of hydrogen-bond donors (Lipinski definition) is 0. The number of ether oxygens (including phenoxy) is 1. The van der Waals surface area contributed by atoms with E-state index in [0.717, 1.165) is 5.56 Å². The van der Waals surface area contributed by atoms with E-state index in [1.165, 1.54) is 0 Å². The summed E-state index contributed by atoms with van der Waals surface area (Å²) in [6, 6.07) is 5.33. The highest BCUT2D eigenvalue weighted by molar-refractivity contribution is 9.08. The average Bonchev–Trinajstić information content (AvgIpc) is 2.43. The first-order valence-corrected chi connectivity index (χ1v) is 7.42. The summed E-state index contributed by atoms with van der Waals surface area (Å²) < 4.78 is 5.31. The van der Waals surface area contributed by atoms with E-state index in [9.17, 15) is 10.1 Å². The fourth-order valence-corrected chi connectivity index (χ4v) is 2.18. The molecule has 0 fully saturated rings. The van der Waals surface area contributed by atoms with Crippen molar-refractivity contribution < 1.29 is 9.66 Å². The smallest absolute Gasteiger partial charge is 0.292 e. The van der Waals surface area contributed by atoms with Gasteiger partial charge in [-0.05, 0) is 25.5 Å². The quantitative estimate of drug-likeness (QED) is 0.317. The van der Waals surface area contributed by atoms with Gasteiger partial charge in [0.15, 0.2) is 0 Å². The van der Waals surface area contributed by atoms with Gasteiger partial charge < -0.3 is 9.64 Å². The van der Waals surface area contributed by atoms with E-state index in [0.29, 0.717) is 37.3 Å². The van der Waals surface area contributed by atoms with E-state index in [4.69, 9.17) is 4.74 Å². The molecule has 1 rings (SSSR count). The third-order valence-electron chi connectivity index (χ3n) is 2.82. The Hall–Kier alpha value is -1.14. The number of halogens is 1. The Balaban J connectivity index is 2.98. The molecular formula is C13H19BrN2O3. The normalized spacial score (nSPS) is 10.5. The first-order valence-electron chi connectivity index (χ1n) is 6.30. The second kappa shape index (κ2) is 8.12. The monoisotopic (exact) mass is 330 g/mol. The lowest BCUT2D eigenvalue weighted by Crippen LogP contribution is -2.27. The molecular weight excluding hydrogens is 312 g/mol. The highest BCUT2D eigenvalue weighted by Gasteiger charge is 2.18. The molecule has 106 valence electrons. The van der Waals surface area contributed by atoms with E-state index in [-0.39, 0.29) is 10.6 Å². The van der Waals surface area contributed by atoms with Crippen LogP contribution in [0.4, 0.5) is 11.4 Å². The van der Waals surface area contributed by atoms with Gasteiger partial charge in [-0.25, -0.2) is 0 Å². The number of alkyl halides is 1. The summed E-state index contributed by atoms with van der Waals surface area (Å²) in [4.78, 5) is 12.8. The Bertz CT molecular complexity index is 426. The van der Waals surface area contributed by atoms with Crippen LogP contribution in [0.3, 0.4) is 0 Å². The summed E-state index contributed by atoms with van der Waals surface area (Å²) in [5.74, 6) is 0. The number of benzene rings is 1. The molecule has 1 aromatic rings. The van der Waals surface area contributed by atoms with Crippen molar-refractivity contribution in [2.45, 2.75) is 19.2 Å². The van der Waals surface area contributed by atoms with Gasteiger partial charge in [0.05, 0.1) is 11.5 Å². The molecule has 0 aliphatic rings. The number of anilines is 1. The molecule has 0 unspecified atom stereocenters. The van der Waals surface area contributed by atoms with Crippen molar-refractivity contribution in [3.63, 3.8) is 0 Å². The summed E-state index contributed by atoms with van der Waals surface area (Å²) >= 11 is 3.31. The van der Waals surface area contributed by atoms with E-state index in [2.05, 4.69) is 15.9 Å². The van der Waals surface area contributed by atoms with Crippen LogP contribution in [0.5, 0.6) is 0 Å². The molecule has 0 aromatic heterocycles. The van der Waals surface area contributed by atoms with Crippen LogP contribution in [0.25, 0.3) is 0 Å². The molecule has 1 aromatic carbocycles. The van der Waals surface area contributed by atoms with Crippen molar-refractivity contribution in [1.29, 1.82) is 0 Å². The lowest BCUT2D eigenvalue weighted by atomic mass is 10.1. The maximum atomic E-state index is 11.2. The Morgan fingerprint density at radius 2 is 2.16 bits per heavy atom. The van der Waals surface area contributed by atoms with Gasteiger partial charge in [-0.3, -0.25) is 10.1 Å². The van der Waals surface area contributed by atoms with Crippen molar-refractivity contribution in [1.82, 2.24) is 0 Å². The molecule has 0 spiro atoms. The molecule has 0 aliphatic heterocycles. The van der Waals surface area contributed by atoms with Crippen LogP contribution in [-0.2, 0) is 10.1 Å². The van der Waals surface area contributed by atoms with Crippen LogP contribution < -0.4 is 4.90 Å². The summed E-state index contributed by atoms with van der Waals surface area (Å²) in [5.41, 5.74) is 1.70. The summed E-state index contributed by atoms with van der Waals surface area (Å²) in [6.07, 6.45) is 0. The largest absolute Gasteiger partial charge is 0.380 e. The predicted molar refractivity (Wildman–Crippen MR) is 80.1 cm³/mol. The minimum absolute atomic E-state index is 0.148. The van der Waals surface area contributed by atoms with Crippen LogP contribution in [0, 0.1) is 10.1 Å².